The second-order valence-electron chi connectivity index (χ2n) is 7.33. The number of carbonyl (C=O) groups excluding carboxylic acids is 2. The van der Waals surface area contributed by atoms with Crippen molar-refractivity contribution in [2.45, 2.75) is 32.9 Å². The molecule has 0 spiro atoms. The van der Waals surface area contributed by atoms with Gasteiger partial charge in [-0.1, -0.05) is 19.1 Å². The van der Waals surface area contributed by atoms with Gasteiger partial charge in [0.2, 0.25) is 5.91 Å². The highest BCUT2D eigenvalue weighted by Crippen LogP contribution is 2.19. The van der Waals surface area contributed by atoms with Gasteiger partial charge in [-0.15, -0.1) is 0 Å². The van der Waals surface area contributed by atoms with E-state index in [9.17, 15) is 9.59 Å². The van der Waals surface area contributed by atoms with Crippen molar-refractivity contribution in [1.82, 2.24) is 19.8 Å². The average molecular weight is 380 g/mol. The maximum Gasteiger partial charge on any atom is 0.287 e. The van der Waals surface area contributed by atoms with Gasteiger partial charge in [0.05, 0.1) is 23.8 Å². The predicted octanol–water partition coefficient (Wildman–Crippen LogP) is 2.82. The lowest BCUT2D eigenvalue weighted by Crippen LogP contribution is -2.40. The van der Waals surface area contributed by atoms with Crippen molar-refractivity contribution in [2.24, 2.45) is 5.92 Å². The van der Waals surface area contributed by atoms with Gasteiger partial charge in [-0.2, -0.15) is 0 Å². The standard InChI is InChI=1S/C21H24N4O3/c1-15-8-10-24(11-9-15)20(26)14-25-17-6-3-2-5-16(17)23-19(25)13-22-21(27)18-7-4-12-28-18/h2-7,12,15H,8-11,13-14H2,1H3,(H,22,27). The molecule has 4 rings (SSSR count). The maximum atomic E-state index is 12.9. The van der Waals surface area contributed by atoms with Crippen molar-refractivity contribution >= 4 is 22.8 Å². The second-order valence-corrected chi connectivity index (χ2v) is 7.33. The Bertz CT molecular complexity index is 969. The molecule has 1 aromatic carbocycles. The van der Waals surface area contributed by atoms with Crippen LogP contribution in [0.5, 0.6) is 0 Å². The summed E-state index contributed by atoms with van der Waals surface area (Å²) in [7, 11) is 0. The molecular weight excluding hydrogens is 356 g/mol. The number of nitrogens with zero attached hydrogens (tertiary/aromatic N) is 3. The molecular formula is C21H24N4O3. The van der Waals surface area contributed by atoms with E-state index in [0.29, 0.717) is 11.7 Å². The van der Waals surface area contributed by atoms with Crippen molar-refractivity contribution < 1.29 is 14.0 Å². The molecule has 0 atom stereocenters. The van der Waals surface area contributed by atoms with E-state index >= 15 is 0 Å². The van der Waals surface area contributed by atoms with E-state index < -0.39 is 0 Å². The number of furan rings is 1. The SMILES string of the molecule is CC1CCN(C(=O)Cn2c(CNC(=O)c3ccco3)nc3ccccc32)CC1. The summed E-state index contributed by atoms with van der Waals surface area (Å²) in [6, 6.07) is 11.0. The highest BCUT2D eigenvalue weighted by Gasteiger charge is 2.22. The lowest BCUT2D eigenvalue weighted by Gasteiger charge is -2.30. The summed E-state index contributed by atoms with van der Waals surface area (Å²) < 4.78 is 7.03. The first kappa shape index (κ1) is 18.3. The van der Waals surface area contributed by atoms with Crippen molar-refractivity contribution in [2.75, 3.05) is 13.1 Å². The Balaban J connectivity index is 1.53. The summed E-state index contributed by atoms with van der Waals surface area (Å²) in [6.07, 6.45) is 3.55. The molecule has 0 radical (unpaired) electrons. The summed E-state index contributed by atoms with van der Waals surface area (Å²) >= 11 is 0. The molecule has 1 fully saturated rings. The fourth-order valence-electron chi connectivity index (χ4n) is 3.58. The molecule has 28 heavy (non-hydrogen) atoms. The number of nitrogens with one attached hydrogen (secondary N) is 1. The number of aromatic nitrogens is 2. The predicted molar refractivity (Wildman–Crippen MR) is 105 cm³/mol. The summed E-state index contributed by atoms with van der Waals surface area (Å²) in [5.41, 5.74) is 1.70. The second kappa shape index (κ2) is 7.88. The van der Waals surface area contributed by atoms with Gasteiger partial charge in [-0.05, 0) is 43.0 Å². The van der Waals surface area contributed by atoms with E-state index in [1.54, 1.807) is 12.1 Å². The van der Waals surface area contributed by atoms with Gasteiger partial charge in [-0.25, -0.2) is 4.98 Å². The number of piperidine rings is 1. The van der Waals surface area contributed by atoms with Crippen molar-refractivity contribution in [1.29, 1.82) is 0 Å². The minimum Gasteiger partial charge on any atom is -0.459 e. The molecule has 7 heteroatoms. The van der Waals surface area contributed by atoms with Gasteiger partial charge in [0.15, 0.2) is 5.76 Å². The van der Waals surface area contributed by atoms with Crippen LogP contribution in [0.1, 0.15) is 36.1 Å². The normalized spacial score (nSPS) is 15.1. The van der Waals surface area contributed by atoms with Crippen molar-refractivity contribution in [3.8, 4) is 0 Å². The summed E-state index contributed by atoms with van der Waals surface area (Å²) in [5.74, 6) is 1.36. The third-order valence-corrected chi connectivity index (χ3v) is 5.32. The first-order valence-corrected chi connectivity index (χ1v) is 9.65. The van der Waals surface area contributed by atoms with Crippen LogP contribution in [0, 0.1) is 5.92 Å². The number of carbonyl (C=O) groups is 2. The molecule has 3 heterocycles. The Morgan fingerprint density at radius 3 is 2.71 bits per heavy atom. The van der Waals surface area contributed by atoms with E-state index in [1.807, 2.05) is 33.7 Å². The molecule has 2 aromatic heterocycles. The van der Waals surface area contributed by atoms with Crippen LogP contribution in [0.4, 0.5) is 0 Å². The quantitative estimate of drug-likeness (QED) is 0.738. The summed E-state index contributed by atoms with van der Waals surface area (Å²) in [6.45, 7) is 4.28. The molecule has 7 nitrogen and oxygen atoms in total. The van der Waals surface area contributed by atoms with Crippen LogP contribution in [0.2, 0.25) is 0 Å². The average Bonchev–Trinajstić information content (AvgIpc) is 3.35. The van der Waals surface area contributed by atoms with Crippen LogP contribution >= 0.6 is 0 Å². The molecule has 146 valence electrons. The molecule has 3 aromatic rings. The molecule has 0 bridgehead atoms. The van der Waals surface area contributed by atoms with Gasteiger partial charge >= 0.3 is 0 Å². The fraction of sp³-hybridized carbons (Fsp3) is 0.381. The number of para-hydroxylation sites is 2. The Labute approximate surface area is 163 Å². The number of fused-ring (bicyclic) bond motifs is 1. The van der Waals surface area contributed by atoms with Crippen molar-refractivity contribution in [3.05, 3.63) is 54.2 Å². The van der Waals surface area contributed by atoms with Crippen LogP contribution in [-0.2, 0) is 17.9 Å². The molecule has 0 saturated carbocycles. The molecule has 0 aliphatic carbocycles. The Hall–Kier alpha value is -3.09. The maximum absolute atomic E-state index is 12.9. The van der Waals surface area contributed by atoms with Gasteiger partial charge in [0, 0.05) is 13.1 Å². The first-order chi connectivity index (χ1) is 13.6. The highest BCUT2D eigenvalue weighted by atomic mass is 16.3. The Kier molecular flexibility index (Phi) is 5.14. The number of amides is 2. The van der Waals surface area contributed by atoms with E-state index in [2.05, 4.69) is 17.2 Å². The lowest BCUT2D eigenvalue weighted by atomic mass is 9.99. The van der Waals surface area contributed by atoms with Crippen LogP contribution in [0.15, 0.2) is 47.1 Å². The molecule has 0 unspecified atom stereocenters. The summed E-state index contributed by atoms with van der Waals surface area (Å²) in [4.78, 5) is 31.6. The molecule has 1 N–H and O–H groups in total. The fourth-order valence-corrected chi connectivity index (χ4v) is 3.58. The zero-order valence-corrected chi connectivity index (χ0v) is 15.9. The van der Waals surface area contributed by atoms with E-state index in [0.717, 1.165) is 37.0 Å². The zero-order chi connectivity index (χ0) is 19.5. The molecule has 2 amide bonds. The van der Waals surface area contributed by atoms with Gasteiger partial charge in [-0.3, -0.25) is 9.59 Å². The number of rotatable bonds is 5. The van der Waals surface area contributed by atoms with E-state index in [1.165, 1.54) is 6.26 Å². The Morgan fingerprint density at radius 2 is 1.96 bits per heavy atom. The van der Waals surface area contributed by atoms with Crippen LogP contribution in [-0.4, -0.2) is 39.4 Å². The van der Waals surface area contributed by atoms with Crippen LogP contribution in [0.3, 0.4) is 0 Å². The number of likely N-dealkylation sites (tertiary alicyclic amines) is 1. The van der Waals surface area contributed by atoms with E-state index in [-0.39, 0.29) is 30.7 Å². The summed E-state index contributed by atoms with van der Waals surface area (Å²) in [5, 5.41) is 2.82. The van der Waals surface area contributed by atoms with Gasteiger partial charge < -0.3 is 19.2 Å². The monoisotopic (exact) mass is 380 g/mol. The molecule has 1 saturated heterocycles. The first-order valence-electron chi connectivity index (χ1n) is 9.65. The van der Waals surface area contributed by atoms with Gasteiger partial charge in [0.25, 0.3) is 5.91 Å². The van der Waals surface area contributed by atoms with Crippen molar-refractivity contribution in [3.63, 3.8) is 0 Å². The third kappa shape index (κ3) is 3.78. The van der Waals surface area contributed by atoms with E-state index in [4.69, 9.17) is 4.42 Å². The minimum absolute atomic E-state index is 0.0914. The topological polar surface area (TPSA) is 80.4 Å². The smallest absolute Gasteiger partial charge is 0.287 e. The number of benzene rings is 1. The van der Waals surface area contributed by atoms with Crippen LogP contribution in [0.25, 0.3) is 11.0 Å². The zero-order valence-electron chi connectivity index (χ0n) is 15.9. The minimum atomic E-state index is -0.306. The van der Waals surface area contributed by atoms with Crippen LogP contribution < -0.4 is 5.32 Å². The molecule has 1 aliphatic heterocycles. The number of imidazole rings is 1. The third-order valence-electron chi connectivity index (χ3n) is 5.32. The van der Waals surface area contributed by atoms with Gasteiger partial charge in [0.1, 0.15) is 12.4 Å². The lowest BCUT2D eigenvalue weighted by molar-refractivity contribution is -0.133. The number of hydrogen-bond acceptors (Lipinski definition) is 4. The Morgan fingerprint density at radius 1 is 1.18 bits per heavy atom. The highest BCUT2D eigenvalue weighted by molar-refractivity contribution is 5.91. The number of hydrogen-bond donors (Lipinski definition) is 1. The molecule has 1 aliphatic rings. The largest absolute Gasteiger partial charge is 0.459 e.